The number of hydrogen-bond donors (Lipinski definition) is 2. The first-order valence-corrected chi connectivity index (χ1v) is 10.6. The van der Waals surface area contributed by atoms with Gasteiger partial charge in [-0.05, 0) is 31.9 Å². The van der Waals surface area contributed by atoms with E-state index in [0.717, 1.165) is 18.4 Å². The predicted octanol–water partition coefficient (Wildman–Crippen LogP) is 0.765. The highest BCUT2D eigenvalue weighted by atomic mass is 32.2. The second-order valence-electron chi connectivity index (χ2n) is 6.43. The third-order valence-corrected chi connectivity index (χ3v) is 6.14. The van der Waals surface area contributed by atoms with E-state index in [1.165, 1.54) is 4.31 Å². The number of nitrogens with zero attached hydrogens (tertiary/aromatic N) is 1. The molecule has 1 atom stereocenters. The molecule has 1 aromatic rings. The number of unbranched alkanes of at least 4 members (excludes halogenated alkanes) is 1. The summed E-state index contributed by atoms with van der Waals surface area (Å²) >= 11 is 0. The van der Waals surface area contributed by atoms with Gasteiger partial charge in [0.1, 0.15) is 6.23 Å². The Morgan fingerprint density at radius 3 is 2.52 bits per heavy atom. The molecule has 1 fully saturated rings. The average Bonchev–Trinajstić information content (AvgIpc) is 2.66. The maximum Gasteiger partial charge on any atom is 0.309 e. The zero-order valence-electron chi connectivity index (χ0n) is 15.7. The van der Waals surface area contributed by atoms with E-state index in [0.29, 0.717) is 26.1 Å². The molecule has 9 heteroatoms. The summed E-state index contributed by atoms with van der Waals surface area (Å²) in [5, 5.41) is 4.98. The van der Waals surface area contributed by atoms with Crippen molar-refractivity contribution in [1.82, 2.24) is 14.9 Å². The first-order chi connectivity index (χ1) is 12.9. The lowest BCUT2D eigenvalue weighted by Crippen LogP contribution is -2.53. The smallest absolute Gasteiger partial charge is 0.309 e. The van der Waals surface area contributed by atoms with Gasteiger partial charge in [-0.25, -0.2) is 8.42 Å². The number of rotatable bonds is 7. The minimum absolute atomic E-state index is 0.0921. The van der Waals surface area contributed by atoms with Crippen molar-refractivity contribution in [3.05, 3.63) is 29.8 Å². The molecule has 2 amide bonds. The predicted molar refractivity (Wildman–Crippen MR) is 100 cm³/mol. The molecule has 0 radical (unpaired) electrons. The minimum atomic E-state index is -3.76. The molecule has 1 saturated heterocycles. The maximum absolute atomic E-state index is 12.9. The van der Waals surface area contributed by atoms with Crippen molar-refractivity contribution in [3.63, 3.8) is 0 Å². The van der Waals surface area contributed by atoms with Gasteiger partial charge in [-0.15, -0.1) is 0 Å². The van der Waals surface area contributed by atoms with Crippen molar-refractivity contribution >= 4 is 21.8 Å². The summed E-state index contributed by atoms with van der Waals surface area (Å²) in [4.78, 5) is 23.8. The fraction of sp³-hybridized carbons (Fsp3) is 0.556. The SMILES string of the molecule is CCCCNC(=O)C(=O)NC[C@@H]1OCCCN1S(=O)(=O)c1ccc(C)cc1. The first-order valence-electron chi connectivity index (χ1n) is 9.12. The summed E-state index contributed by atoms with van der Waals surface area (Å²) in [5.41, 5.74) is 0.960. The monoisotopic (exact) mass is 397 g/mol. The van der Waals surface area contributed by atoms with Crippen molar-refractivity contribution in [2.24, 2.45) is 0 Å². The molecule has 0 spiro atoms. The summed E-state index contributed by atoms with van der Waals surface area (Å²) in [7, 11) is -3.76. The molecule has 0 unspecified atom stereocenters. The number of carbonyl (C=O) groups is 2. The fourth-order valence-electron chi connectivity index (χ4n) is 2.67. The maximum atomic E-state index is 12.9. The minimum Gasteiger partial charge on any atom is -0.360 e. The summed E-state index contributed by atoms with van der Waals surface area (Å²) < 4.78 is 32.6. The second-order valence-corrected chi connectivity index (χ2v) is 8.32. The van der Waals surface area contributed by atoms with Crippen LogP contribution in [0.15, 0.2) is 29.2 Å². The summed E-state index contributed by atoms with van der Waals surface area (Å²) in [6.07, 6.45) is 1.40. The Bertz CT molecular complexity index is 749. The highest BCUT2D eigenvalue weighted by Gasteiger charge is 2.34. The molecule has 0 aliphatic carbocycles. The molecule has 0 saturated carbocycles. The molecule has 27 heavy (non-hydrogen) atoms. The Morgan fingerprint density at radius 1 is 1.19 bits per heavy atom. The van der Waals surface area contributed by atoms with Crippen LogP contribution in [0.3, 0.4) is 0 Å². The zero-order chi connectivity index (χ0) is 19.9. The van der Waals surface area contributed by atoms with E-state index in [4.69, 9.17) is 4.74 Å². The van der Waals surface area contributed by atoms with Crippen LogP contribution in [0.25, 0.3) is 0 Å². The van der Waals surface area contributed by atoms with Crippen molar-refractivity contribution < 1.29 is 22.7 Å². The number of ether oxygens (including phenoxy) is 1. The number of carbonyl (C=O) groups excluding carboxylic acids is 2. The van der Waals surface area contributed by atoms with E-state index in [9.17, 15) is 18.0 Å². The normalized spacial score (nSPS) is 18.1. The van der Waals surface area contributed by atoms with Crippen LogP contribution >= 0.6 is 0 Å². The average molecular weight is 397 g/mol. The standard InChI is InChI=1S/C18H27N3O5S/c1-3-4-10-19-17(22)18(23)20-13-16-21(11-5-12-26-16)27(24,25)15-8-6-14(2)7-9-15/h6-9,16H,3-5,10-13H2,1-2H3,(H,19,22)(H,20,23)/t16-/m0/s1. The molecule has 150 valence electrons. The summed E-state index contributed by atoms with van der Waals surface area (Å²) in [5.74, 6) is -1.53. The number of benzene rings is 1. The van der Waals surface area contributed by atoms with Crippen LogP contribution in [0.4, 0.5) is 0 Å². The highest BCUT2D eigenvalue weighted by molar-refractivity contribution is 7.89. The number of nitrogens with one attached hydrogen (secondary N) is 2. The van der Waals surface area contributed by atoms with E-state index >= 15 is 0 Å². The van der Waals surface area contributed by atoms with Crippen LogP contribution in [0.5, 0.6) is 0 Å². The number of hydrogen-bond acceptors (Lipinski definition) is 5. The number of amides is 2. The summed E-state index contributed by atoms with van der Waals surface area (Å²) in [6, 6.07) is 6.57. The van der Waals surface area contributed by atoms with Crippen LogP contribution in [-0.4, -0.2) is 57.0 Å². The number of aryl methyl sites for hydroxylation is 1. The van der Waals surface area contributed by atoms with Gasteiger partial charge in [-0.3, -0.25) is 9.59 Å². The van der Waals surface area contributed by atoms with Crippen LogP contribution in [-0.2, 0) is 24.3 Å². The van der Waals surface area contributed by atoms with Crippen LogP contribution in [0, 0.1) is 6.92 Å². The molecule has 1 aromatic carbocycles. The van der Waals surface area contributed by atoms with E-state index in [-0.39, 0.29) is 11.4 Å². The van der Waals surface area contributed by atoms with Crippen molar-refractivity contribution in [3.8, 4) is 0 Å². The molecular formula is C18H27N3O5S. The lowest BCUT2D eigenvalue weighted by atomic mass is 10.2. The van der Waals surface area contributed by atoms with E-state index in [1.54, 1.807) is 24.3 Å². The fourth-order valence-corrected chi connectivity index (χ4v) is 4.23. The van der Waals surface area contributed by atoms with Gasteiger partial charge in [0, 0.05) is 13.1 Å². The molecular weight excluding hydrogens is 370 g/mol. The third kappa shape index (κ3) is 5.75. The Kier molecular flexibility index (Phi) is 7.76. The van der Waals surface area contributed by atoms with Crippen molar-refractivity contribution in [2.75, 3.05) is 26.2 Å². The Hall–Kier alpha value is -1.97. The van der Waals surface area contributed by atoms with Gasteiger partial charge < -0.3 is 15.4 Å². The second kappa shape index (κ2) is 9.82. The molecule has 8 nitrogen and oxygen atoms in total. The quantitative estimate of drug-likeness (QED) is 0.522. The van der Waals surface area contributed by atoms with Gasteiger partial charge in [0.2, 0.25) is 10.0 Å². The van der Waals surface area contributed by atoms with Gasteiger partial charge in [0.15, 0.2) is 0 Å². The Balaban J connectivity index is 2.01. The highest BCUT2D eigenvalue weighted by Crippen LogP contribution is 2.22. The molecule has 1 aliphatic rings. The first kappa shape index (κ1) is 21.3. The van der Waals surface area contributed by atoms with Gasteiger partial charge in [-0.1, -0.05) is 31.0 Å². The molecule has 2 N–H and O–H groups in total. The molecule has 0 bridgehead atoms. The molecule has 2 rings (SSSR count). The summed E-state index contributed by atoms with van der Waals surface area (Å²) in [6.45, 7) is 4.88. The zero-order valence-corrected chi connectivity index (χ0v) is 16.5. The van der Waals surface area contributed by atoms with Gasteiger partial charge in [0.05, 0.1) is 18.0 Å². The van der Waals surface area contributed by atoms with E-state index in [1.807, 2.05) is 13.8 Å². The van der Waals surface area contributed by atoms with Gasteiger partial charge in [0.25, 0.3) is 0 Å². The van der Waals surface area contributed by atoms with Crippen LogP contribution in [0.1, 0.15) is 31.7 Å². The van der Waals surface area contributed by atoms with Gasteiger partial charge in [-0.2, -0.15) is 4.31 Å². The lowest BCUT2D eigenvalue weighted by Gasteiger charge is -2.34. The van der Waals surface area contributed by atoms with Crippen LogP contribution in [0.2, 0.25) is 0 Å². The Morgan fingerprint density at radius 2 is 1.85 bits per heavy atom. The van der Waals surface area contributed by atoms with Crippen molar-refractivity contribution in [1.29, 1.82) is 0 Å². The molecule has 1 heterocycles. The number of sulfonamides is 1. The molecule has 0 aromatic heterocycles. The van der Waals surface area contributed by atoms with E-state index < -0.39 is 28.1 Å². The van der Waals surface area contributed by atoms with Crippen LogP contribution < -0.4 is 10.6 Å². The van der Waals surface area contributed by atoms with E-state index in [2.05, 4.69) is 10.6 Å². The molecule has 1 aliphatic heterocycles. The largest absolute Gasteiger partial charge is 0.360 e. The lowest BCUT2D eigenvalue weighted by molar-refractivity contribution is -0.140. The van der Waals surface area contributed by atoms with Crippen molar-refractivity contribution in [2.45, 2.75) is 44.2 Å². The Labute approximate surface area is 160 Å². The topological polar surface area (TPSA) is 105 Å². The van der Waals surface area contributed by atoms with Gasteiger partial charge >= 0.3 is 11.8 Å². The third-order valence-electron chi connectivity index (χ3n) is 4.24.